The smallest absolute Gasteiger partial charge is 0.376 e. The number of carbonyl (C=O) groups is 2. The van der Waals surface area contributed by atoms with Crippen LogP contribution in [0.2, 0.25) is 0 Å². The van der Waals surface area contributed by atoms with Gasteiger partial charge in [-0.25, -0.2) is 4.98 Å². The Kier molecular flexibility index (Phi) is 6.93. The Balaban J connectivity index is 1.54. The van der Waals surface area contributed by atoms with Crippen LogP contribution in [0.25, 0.3) is 0 Å². The molecule has 0 radical (unpaired) electrons. The maximum absolute atomic E-state index is 12.8. The van der Waals surface area contributed by atoms with Crippen molar-refractivity contribution >= 4 is 34.0 Å². The van der Waals surface area contributed by atoms with Crippen molar-refractivity contribution in [3.05, 3.63) is 40.9 Å². The lowest BCUT2D eigenvalue weighted by atomic mass is 10.2. The van der Waals surface area contributed by atoms with Crippen LogP contribution in [-0.2, 0) is 15.7 Å². The van der Waals surface area contributed by atoms with E-state index in [1.807, 2.05) is 0 Å². The first-order valence-electron chi connectivity index (χ1n) is 9.26. The molecule has 1 aromatic carbocycles. The third-order valence-electron chi connectivity index (χ3n) is 4.44. The van der Waals surface area contributed by atoms with E-state index in [2.05, 4.69) is 15.6 Å². The molecule has 0 spiro atoms. The van der Waals surface area contributed by atoms with E-state index in [-0.39, 0.29) is 35.1 Å². The van der Waals surface area contributed by atoms with E-state index in [4.69, 9.17) is 4.74 Å². The highest BCUT2D eigenvalue weighted by Crippen LogP contribution is 2.31. The van der Waals surface area contributed by atoms with Crippen LogP contribution in [0.1, 0.15) is 28.9 Å². The number of hydrogen-bond acceptors (Lipinski definition) is 6. The third-order valence-corrected chi connectivity index (χ3v) is 5.20. The molecular formula is C19H21F3N4O3S. The van der Waals surface area contributed by atoms with Gasteiger partial charge in [-0.2, -0.15) is 13.2 Å². The largest absolute Gasteiger partial charge is 0.416 e. The molecule has 2 amide bonds. The normalized spacial score (nSPS) is 16.3. The summed E-state index contributed by atoms with van der Waals surface area (Å²) in [5, 5.41) is 7.26. The zero-order valence-electron chi connectivity index (χ0n) is 16.2. The van der Waals surface area contributed by atoms with Crippen molar-refractivity contribution in [1.29, 1.82) is 0 Å². The number of alkyl halides is 3. The van der Waals surface area contributed by atoms with Crippen molar-refractivity contribution in [3.63, 3.8) is 0 Å². The van der Waals surface area contributed by atoms with Gasteiger partial charge in [0.1, 0.15) is 5.69 Å². The van der Waals surface area contributed by atoms with Gasteiger partial charge in [0.15, 0.2) is 5.13 Å². The molecule has 1 aliphatic rings. The predicted molar refractivity (Wildman–Crippen MR) is 106 cm³/mol. The monoisotopic (exact) mass is 442 g/mol. The van der Waals surface area contributed by atoms with E-state index in [0.29, 0.717) is 13.2 Å². The summed E-state index contributed by atoms with van der Waals surface area (Å²) in [5.41, 5.74) is -0.474. The predicted octanol–water partition coefficient (Wildman–Crippen LogP) is 3.27. The van der Waals surface area contributed by atoms with Crippen LogP contribution in [-0.4, -0.2) is 54.5 Å². The van der Waals surface area contributed by atoms with Crippen LogP contribution in [0, 0.1) is 0 Å². The van der Waals surface area contributed by atoms with Crippen LogP contribution in [0.15, 0.2) is 29.6 Å². The molecule has 2 heterocycles. The fourth-order valence-corrected chi connectivity index (χ4v) is 3.60. The highest BCUT2D eigenvalue weighted by Gasteiger charge is 2.30. The van der Waals surface area contributed by atoms with Crippen LogP contribution < -0.4 is 10.6 Å². The summed E-state index contributed by atoms with van der Waals surface area (Å²) in [6.07, 6.45) is -2.57. The number of nitrogens with one attached hydrogen (secondary N) is 2. The van der Waals surface area contributed by atoms with Gasteiger partial charge in [-0.15, -0.1) is 11.3 Å². The van der Waals surface area contributed by atoms with Gasteiger partial charge < -0.3 is 20.3 Å². The minimum Gasteiger partial charge on any atom is -0.376 e. The molecule has 30 heavy (non-hydrogen) atoms. The first-order valence-corrected chi connectivity index (χ1v) is 10.1. The minimum atomic E-state index is -4.45. The second-order valence-corrected chi connectivity index (χ2v) is 7.70. The molecule has 11 heteroatoms. The molecule has 1 saturated heterocycles. The quantitative estimate of drug-likeness (QED) is 0.688. The summed E-state index contributed by atoms with van der Waals surface area (Å²) >= 11 is 1.08. The number of carbonyl (C=O) groups excluding carboxylic acids is 2. The molecule has 1 fully saturated rings. The zero-order chi connectivity index (χ0) is 21.7. The standard InChI is InChI=1S/C19H21F3N4O3S/c1-26(10-16(27)23-9-14-6-3-7-29-14)17(28)15-11-30-18(25-15)24-13-5-2-4-12(8-13)19(20,21)22/h2,4-5,8,11,14H,3,6-7,9-10H2,1H3,(H,23,27)(H,24,25)/t14-/m0/s1. The molecule has 0 aliphatic carbocycles. The summed E-state index contributed by atoms with van der Waals surface area (Å²) < 4.78 is 43.9. The number of hydrogen-bond donors (Lipinski definition) is 2. The van der Waals surface area contributed by atoms with Gasteiger partial charge >= 0.3 is 6.18 Å². The Morgan fingerprint density at radius 1 is 1.37 bits per heavy atom. The summed E-state index contributed by atoms with van der Waals surface area (Å²) in [4.78, 5) is 29.9. The van der Waals surface area contributed by atoms with E-state index in [1.165, 1.54) is 29.5 Å². The van der Waals surface area contributed by atoms with Crippen LogP contribution in [0.5, 0.6) is 0 Å². The SMILES string of the molecule is CN(CC(=O)NC[C@@H]1CCCO1)C(=O)c1csc(Nc2cccc(C(F)(F)F)c2)n1. The molecule has 1 atom stereocenters. The lowest BCUT2D eigenvalue weighted by molar-refractivity contribution is -0.137. The first kappa shape index (κ1) is 22.0. The maximum Gasteiger partial charge on any atom is 0.416 e. The Labute approximate surface area is 175 Å². The number of thiazole rings is 1. The van der Waals surface area contributed by atoms with Gasteiger partial charge in [-0.3, -0.25) is 9.59 Å². The van der Waals surface area contributed by atoms with Gasteiger partial charge in [-0.1, -0.05) is 6.07 Å². The number of halogens is 3. The minimum absolute atomic E-state index is 0.0120. The number of amides is 2. The fraction of sp³-hybridized carbons (Fsp3) is 0.421. The van der Waals surface area contributed by atoms with Crippen LogP contribution >= 0.6 is 11.3 Å². The van der Waals surface area contributed by atoms with Crippen molar-refractivity contribution in [2.75, 3.05) is 32.1 Å². The molecular weight excluding hydrogens is 421 g/mol. The van der Waals surface area contributed by atoms with Gasteiger partial charge in [-0.05, 0) is 31.0 Å². The summed E-state index contributed by atoms with van der Waals surface area (Å²) in [6.45, 7) is 0.960. The molecule has 2 aromatic rings. The van der Waals surface area contributed by atoms with Crippen molar-refractivity contribution in [1.82, 2.24) is 15.2 Å². The van der Waals surface area contributed by atoms with Crippen molar-refractivity contribution < 1.29 is 27.5 Å². The summed E-state index contributed by atoms with van der Waals surface area (Å²) in [5.74, 6) is -0.769. The molecule has 162 valence electrons. The van der Waals surface area contributed by atoms with E-state index in [9.17, 15) is 22.8 Å². The molecule has 7 nitrogen and oxygen atoms in total. The van der Waals surface area contributed by atoms with E-state index >= 15 is 0 Å². The molecule has 0 bridgehead atoms. The lowest BCUT2D eigenvalue weighted by Crippen LogP contribution is -2.41. The molecule has 1 aliphatic heterocycles. The molecule has 1 aromatic heterocycles. The number of nitrogens with zero attached hydrogens (tertiary/aromatic N) is 2. The molecule has 0 saturated carbocycles. The van der Waals surface area contributed by atoms with Crippen molar-refractivity contribution in [2.24, 2.45) is 0 Å². The second kappa shape index (κ2) is 9.43. The summed E-state index contributed by atoms with van der Waals surface area (Å²) in [7, 11) is 1.48. The number of aromatic nitrogens is 1. The highest BCUT2D eigenvalue weighted by molar-refractivity contribution is 7.14. The topological polar surface area (TPSA) is 83.6 Å². The van der Waals surface area contributed by atoms with E-state index in [1.54, 1.807) is 0 Å². The van der Waals surface area contributed by atoms with Gasteiger partial charge in [0.2, 0.25) is 5.91 Å². The molecule has 3 rings (SSSR count). The average molecular weight is 442 g/mol. The van der Waals surface area contributed by atoms with Crippen molar-refractivity contribution in [3.8, 4) is 0 Å². The second-order valence-electron chi connectivity index (χ2n) is 6.84. The van der Waals surface area contributed by atoms with E-state index < -0.39 is 17.6 Å². The number of rotatable bonds is 7. The molecule has 2 N–H and O–H groups in total. The lowest BCUT2D eigenvalue weighted by Gasteiger charge is -2.16. The van der Waals surface area contributed by atoms with Crippen molar-refractivity contribution in [2.45, 2.75) is 25.1 Å². The van der Waals surface area contributed by atoms with Crippen LogP contribution in [0.4, 0.5) is 24.0 Å². The Hall–Kier alpha value is -2.66. The molecule has 0 unspecified atom stereocenters. The Morgan fingerprint density at radius 3 is 2.87 bits per heavy atom. The zero-order valence-corrected chi connectivity index (χ0v) is 17.0. The van der Waals surface area contributed by atoms with Gasteiger partial charge in [0.25, 0.3) is 5.91 Å². The highest BCUT2D eigenvalue weighted by atomic mass is 32.1. The van der Waals surface area contributed by atoms with E-state index in [0.717, 1.165) is 36.3 Å². The fourth-order valence-electron chi connectivity index (χ4n) is 2.90. The first-order chi connectivity index (χ1) is 14.2. The number of likely N-dealkylation sites (N-methyl/N-ethyl adjacent to an activating group) is 1. The maximum atomic E-state index is 12.8. The average Bonchev–Trinajstić information content (AvgIpc) is 3.37. The summed E-state index contributed by atoms with van der Waals surface area (Å²) in [6, 6.07) is 4.70. The third kappa shape index (κ3) is 5.92. The number of ether oxygens (including phenoxy) is 1. The van der Waals surface area contributed by atoms with Gasteiger partial charge in [0, 0.05) is 31.3 Å². The Morgan fingerprint density at radius 2 is 2.17 bits per heavy atom. The van der Waals surface area contributed by atoms with Gasteiger partial charge in [0.05, 0.1) is 18.2 Å². The Bertz CT molecular complexity index is 897. The number of benzene rings is 1. The van der Waals surface area contributed by atoms with Crippen LogP contribution in [0.3, 0.4) is 0 Å². The number of anilines is 2.